The van der Waals surface area contributed by atoms with Gasteiger partial charge in [0.2, 0.25) is 5.95 Å². The molecule has 2 rings (SSSR count). The van der Waals surface area contributed by atoms with Crippen molar-refractivity contribution in [2.45, 2.75) is 6.54 Å². The number of methoxy groups -OCH3 is 1. The van der Waals surface area contributed by atoms with Gasteiger partial charge < -0.3 is 10.5 Å². The summed E-state index contributed by atoms with van der Waals surface area (Å²) in [6.07, 6.45) is 0. The summed E-state index contributed by atoms with van der Waals surface area (Å²) in [4.78, 5) is 0. The average Bonchev–Trinajstić information content (AvgIpc) is 2.61. The molecule has 0 fully saturated rings. The van der Waals surface area contributed by atoms with Gasteiger partial charge in [0.25, 0.3) is 0 Å². The van der Waals surface area contributed by atoms with Crippen LogP contribution in [0.1, 0.15) is 5.56 Å². The molecular weight excluding hydrogens is 224 g/mol. The summed E-state index contributed by atoms with van der Waals surface area (Å²) in [6.45, 7) is 0.582. The van der Waals surface area contributed by atoms with Gasteiger partial charge in [-0.25, -0.2) is 5.10 Å². The zero-order valence-electron chi connectivity index (χ0n) is 8.80. The van der Waals surface area contributed by atoms with Gasteiger partial charge in [-0.05, 0) is 29.9 Å². The molecule has 0 aliphatic rings. The van der Waals surface area contributed by atoms with Crippen LogP contribution < -0.4 is 10.5 Å². The van der Waals surface area contributed by atoms with E-state index in [0.717, 1.165) is 11.3 Å². The van der Waals surface area contributed by atoms with Crippen molar-refractivity contribution < 1.29 is 4.74 Å². The second kappa shape index (κ2) is 4.36. The molecule has 5 nitrogen and oxygen atoms in total. The third kappa shape index (κ3) is 2.06. The molecule has 0 bridgehead atoms. The standard InChI is InChI=1S/C10H12N4OS/c1-15-8-4-2-3-7(5-8)6-14-9(11)12-13-10(14)16/h2-5H,6H2,1H3,(H2,11,12)(H,13,16). The molecule has 0 radical (unpaired) electrons. The van der Waals surface area contributed by atoms with Gasteiger partial charge in [0, 0.05) is 0 Å². The van der Waals surface area contributed by atoms with Crippen LogP contribution in [-0.4, -0.2) is 21.9 Å². The van der Waals surface area contributed by atoms with E-state index in [1.54, 1.807) is 11.7 Å². The summed E-state index contributed by atoms with van der Waals surface area (Å²) < 4.78 is 7.38. The molecular formula is C10H12N4OS. The number of aromatic nitrogens is 3. The Balaban J connectivity index is 2.30. The molecule has 1 heterocycles. The minimum Gasteiger partial charge on any atom is -0.497 e. The lowest BCUT2D eigenvalue weighted by Crippen LogP contribution is -2.04. The summed E-state index contributed by atoms with van der Waals surface area (Å²) in [5.74, 6) is 1.19. The topological polar surface area (TPSA) is 68.9 Å². The Bertz CT molecular complexity index is 546. The first-order chi connectivity index (χ1) is 7.70. The van der Waals surface area contributed by atoms with Crippen LogP contribution in [0.3, 0.4) is 0 Å². The Kier molecular flexibility index (Phi) is 2.91. The van der Waals surface area contributed by atoms with Gasteiger partial charge in [0.05, 0.1) is 13.7 Å². The van der Waals surface area contributed by atoms with E-state index >= 15 is 0 Å². The van der Waals surface area contributed by atoms with Crippen LogP contribution in [0.15, 0.2) is 24.3 Å². The van der Waals surface area contributed by atoms with Crippen molar-refractivity contribution >= 4 is 18.2 Å². The number of rotatable bonds is 3. The van der Waals surface area contributed by atoms with Crippen LogP contribution in [0.5, 0.6) is 5.75 Å². The Labute approximate surface area is 97.9 Å². The normalized spacial score (nSPS) is 10.3. The van der Waals surface area contributed by atoms with Crippen molar-refractivity contribution in [1.82, 2.24) is 14.8 Å². The van der Waals surface area contributed by atoms with E-state index in [1.165, 1.54) is 0 Å². The zero-order chi connectivity index (χ0) is 11.5. The number of nitrogens with zero attached hydrogens (tertiary/aromatic N) is 2. The summed E-state index contributed by atoms with van der Waals surface area (Å²) in [5, 5.41) is 6.49. The Morgan fingerprint density at radius 3 is 3.00 bits per heavy atom. The molecule has 6 heteroatoms. The summed E-state index contributed by atoms with van der Waals surface area (Å²) >= 11 is 5.07. The van der Waals surface area contributed by atoms with Gasteiger partial charge in [-0.15, -0.1) is 5.10 Å². The molecule has 1 aromatic heterocycles. The highest BCUT2D eigenvalue weighted by Crippen LogP contribution is 2.14. The molecule has 0 saturated heterocycles. The minimum absolute atomic E-state index is 0.382. The first kappa shape index (κ1) is 10.7. The summed E-state index contributed by atoms with van der Waals surface area (Å²) in [7, 11) is 1.64. The van der Waals surface area contributed by atoms with Crippen molar-refractivity contribution in [2.75, 3.05) is 12.8 Å². The zero-order valence-corrected chi connectivity index (χ0v) is 9.62. The van der Waals surface area contributed by atoms with Crippen molar-refractivity contribution in [3.8, 4) is 5.75 Å². The summed E-state index contributed by atoms with van der Waals surface area (Å²) in [6, 6.07) is 7.74. The van der Waals surface area contributed by atoms with Crippen LogP contribution in [0.2, 0.25) is 0 Å². The van der Waals surface area contributed by atoms with Gasteiger partial charge in [-0.3, -0.25) is 4.57 Å². The van der Waals surface area contributed by atoms with Crippen LogP contribution in [0.25, 0.3) is 0 Å². The van der Waals surface area contributed by atoms with Gasteiger partial charge >= 0.3 is 0 Å². The number of ether oxygens (including phenoxy) is 1. The Hall–Kier alpha value is -1.82. The summed E-state index contributed by atoms with van der Waals surface area (Å²) in [5.41, 5.74) is 6.74. The van der Waals surface area contributed by atoms with E-state index in [9.17, 15) is 0 Å². The van der Waals surface area contributed by atoms with Gasteiger partial charge in [-0.1, -0.05) is 12.1 Å². The van der Waals surface area contributed by atoms with Crippen LogP contribution in [-0.2, 0) is 6.54 Å². The molecule has 0 aliphatic carbocycles. The molecule has 0 unspecified atom stereocenters. The third-order valence-electron chi connectivity index (χ3n) is 2.26. The number of hydrogen-bond acceptors (Lipinski definition) is 4. The van der Waals surface area contributed by atoms with Crippen molar-refractivity contribution in [2.24, 2.45) is 0 Å². The fourth-order valence-corrected chi connectivity index (χ4v) is 1.64. The lowest BCUT2D eigenvalue weighted by molar-refractivity contribution is 0.414. The number of aromatic amines is 1. The number of hydrogen-bond donors (Lipinski definition) is 2. The third-order valence-corrected chi connectivity index (χ3v) is 2.57. The van der Waals surface area contributed by atoms with Gasteiger partial charge in [0.15, 0.2) is 4.77 Å². The molecule has 0 spiro atoms. The van der Waals surface area contributed by atoms with Crippen molar-refractivity contribution in [3.05, 3.63) is 34.6 Å². The SMILES string of the molecule is COc1cccc(Cn2c(N)n[nH]c2=S)c1. The highest BCUT2D eigenvalue weighted by molar-refractivity contribution is 7.71. The maximum Gasteiger partial charge on any atom is 0.220 e. The van der Waals surface area contributed by atoms with E-state index in [2.05, 4.69) is 10.2 Å². The quantitative estimate of drug-likeness (QED) is 0.794. The molecule has 0 amide bonds. The smallest absolute Gasteiger partial charge is 0.220 e. The van der Waals surface area contributed by atoms with E-state index in [1.807, 2.05) is 24.3 Å². The molecule has 0 aliphatic heterocycles. The molecule has 3 N–H and O–H groups in total. The number of nitrogens with one attached hydrogen (secondary N) is 1. The van der Waals surface area contributed by atoms with Crippen molar-refractivity contribution in [1.29, 1.82) is 0 Å². The monoisotopic (exact) mass is 236 g/mol. The second-order valence-electron chi connectivity index (χ2n) is 3.32. The fourth-order valence-electron chi connectivity index (χ4n) is 1.44. The lowest BCUT2D eigenvalue weighted by Gasteiger charge is -2.05. The van der Waals surface area contributed by atoms with Gasteiger partial charge in [-0.2, -0.15) is 0 Å². The molecule has 2 aromatic rings. The molecule has 84 valence electrons. The lowest BCUT2D eigenvalue weighted by atomic mass is 10.2. The van der Waals surface area contributed by atoms with E-state index < -0.39 is 0 Å². The maximum absolute atomic E-state index is 5.68. The highest BCUT2D eigenvalue weighted by atomic mass is 32.1. The maximum atomic E-state index is 5.68. The predicted octanol–water partition coefficient (Wildman–Crippen LogP) is 1.58. The minimum atomic E-state index is 0.382. The van der Waals surface area contributed by atoms with E-state index in [-0.39, 0.29) is 0 Å². The average molecular weight is 236 g/mol. The largest absolute Gasteiger partial charge is 0.497 e. The molecule has 1 aromatic carbocycles. The first-order valence-corrected chi connectivity index (χ1v) is 5.15. The van der Waals surface area contributed by atoms with E-state index in [0.29, 0.717) is 17.3 Å². The number of anilines is 1. The first-order valence-electron chi connectivity index (χ1n) is 4.74. The van der Waals surface area contributed by atoms with E-state index in [4.69, 9.17) is 22.7 Å². The number of benzene rings is 1. The van der Waals surface area contributed by atoms with Crippen LogP contribution in [0.4, 0.5) is 5.95 Å². The second-order valence-corrected chi connectivity index (χ2v) is 3.71. The van der Waals surface area contributed by atoms with Crippen LogP contribution in [0, 0.1) is 4.77 Å². The number of H-pyrrole nitrogens is 1. The fraction of sp³-hybridized carbons (Fsp3) is 0.200. The molecule has 0 saturated carbocycles. The number of nitrogens with two attached hydrogens (primary N) is 1. The highest BCUT2D eigenvalue weighted by Gasteiger charge is 2.03. The number of nitrogen functional groups attached to an aromatic ring is 1. The molecule has 0 atom stereocenters. The predicted molar refractivity (Wildman–Crippen MR) is 63.9 cm³/mol. The van der Waals surface area contributed by atoms with Crippen molar-refractivity contribution in [3.63, 3.8) is 0 Å². The molecule has 16 heavy (non-hydrogen) atoms. The Morgan fingerprint density at radius 1 is 1.56 bits per heavy atom. The van der Waals surface area contributed by atoms with Crippen LogP contribution >= 0.6 is 12.2 Å². The Morgan fingerprint density at radius 2 is 2.38 bits per heavy atom. The van der Waals surface area contributed by atoms with Gasteiger partial charge in [0.1, 0.15) is 5.75 Å².